The number of ketones is 1. The minimum absolute atomic E-state index is 0.00436. The second-order valence-electron chi connectivity index (χ2n) is 8.12. The molecule has 2 heterocycles. The normalized spacial score (nSPS) is 17.5. The molecule has 5 rings (SSSR count). The number of amides is 1. The lowest BCUT2D eigenvalue weighted by atomic mass is 9.94. The predicted molar refractivity (Wildman–Crippen MR) is 130 cm³/mol. The number of aliphatic hydroxyl groups is 1. The second kappa shape index (κ2) is 8.51. The van der Waals surface area contributed by atoms with E-state index in [0.29, 0.717) is 29.0 Å². The second-order valence-corrected chi connectivity index (χ2v) is 8.12. The zero-order valence-corrected chi connectivity index (χ0v) is 18.8. The van der Waals surface area contributed by atoms with Crippen LogP contribution in [0.3, 0.4) is 0 Å². The highest BCUT2D eigenvalue weighted by molar-refractivity contribution is 6.51. The van der Waals surface area contributed by atoms with Gasteiger partial charge in [-0.25, -0.2) is 4.98 Å². The first-order valence-corrected chi connectivity index (χ1v) is 11.0. The quantitative estimate of drug-likeness (QED) is 0.255. The molecule has 0 spiro atoms. The fourth-order valence-electron chi connectivity index (χ4n) is 4.32. The summed E-state index contributed by atoms with van der Waals surface area (Å²) in [4.78, 5) is 35.7. The van der Waals surface area contributed by atoms with E-state index in [-0.39, 0.29) is 17.3 Å². The van der Waals surface area contributed by atoms with Crippen molar-refractivity contribution in [2.45, 2.75) is 19.9 Å². The number of nitrogens with one attached hydrogen (secondary N) is 1. The fourth-order valence-corrected chi connectivity index (χ4v) is 4.32. The van der Waals surface area contributed by atoms with Gasteiger partial charge in [-0.2, -0.15) is 0 Å². The summed E-state index contributed by atoms with van der Waals surface area (Å²) in [6.07, 6.45) is 0. The minimum Gasteiger partial charge on any atom is -0.507 e. The molecule has 7 heteroatoms. The Morgan fingerprint density at radius 2 is 1.85 bits per heavy atom. The molecule has 170 valence electrons. The average molecular weight is 453 g/mol. The molecule has 1 fully saturated rings. The van der Waals surface area contributed by atoms with E-state index in [1.807, 2.05) is 62.4 Å². The van der Waals surface area contributed by atoms with Gasteiger partial charge in [0.1, 0.15) is 11.5 Å². The number of benzene rings is 3. The first-order valence-electron chi connectivity index (χ1n) is 11.0. The molecule has 1 unspecified atom stereocenters. The molecule has 1 aromatic heterocycles. The largest absolute Gasteiger partial charge is 0.507 e. The molecule has 3 aromatic carbocycles. The van der Waals surface area contributed by atoms with Crippen molar-refractivity contribution in [2.24, 2.45) is 0 Å². The van der Waals surface area contributed by atoms with Crippen molar-refractivity contribution < 1.29 is 19.4 Å². The van der Waals surface area contributed by atoms with E-state index in [0.717, 1.165) is 11.1 Å². The number of aliphatic hydroxyl groups excluding tert-OH is 1. The Bertz CT molecular complexity index is 1420. The Morgan fingerprint density at radius 1 is 1.06 bits per heavy atom. The van der Waals surface area contributed by atoms with Gasteiger partial charge < -0.3 is 14.8 Å². The van der Waals surface area contributed by atoms with Gasteiger partial charge in [-0.1, -0.05) is 54.1 Å². The number of ether oxygens (including phenoxy) is 1. The molecular formula is C27H23N3O4. The van der Waals surface area contributed by atoms with Crippen LogP contribution in [0.15, 0.2) is 78.4 Å². The number of aromatic amines is 1. The summed E-state index contributed by atoms with van der Waals surface area (Å²) in [5.74, 6) is -0.980. The molecule has 34 heavy (non-hydrogen) atoms. The lowest BCUT2D eigenvalue weighted by Gasteiger charge is -2.23. The zero-order chi connectivity index (χ0) is 23.8. The minimum atomic E-state index is -0.851. The first-order chi connectivity index (χ1) is 16.5. The highest BCUT2D eigenvalue weighted by atomic mass is 16.5. The van der Waals surface area contributed by atoms with Gasteiger partial charge >= 0.3 is 5.91 Å². The van der Waals surface area contributed by atoms with Crippen molar-refractivity contribution >= 4 is 34.4 Å². The fraction of sp³-hybridized carbons (Fsp3) is 0.148. The third-order valence-electron chi connectivity index (χ3n) is 5.83. The molecule has 1 saturated heterocycles. The Hall–Kier alpha value is -4.39. The maximum absolute atomic E-state index is 13.3. The monoisotopic (exact) mass is 453 g/mol. The van der Waals surface area contributed by atoms with E-state index in [2.05, 4.69) is 9.97 Å². The number of aryl methyl sites for hydroxylation is 1. The summed E-state index contributed by atoms with van der Waals surface area (Å²) in [5.41, 5.74) is 3.47. The number of carbonyl (C=O) groups excluding carboxylic acids is 2. The van der Waals surface area contributed by atoms with Gasteiger partial charge in [0, 0.05) is 5.56 Å². The number of rotatable bonds is 5. The summed E-state index contributed by atoms with van der Waals surface area (Å²) in [6.45, 7) is 4.26. The molecule has 1 aliphatic heterocycles. The van der Waals surface area contributed by atoms with Crippen molar-refractivity contribution in [1.29, 1.82) is 0 Å². The number of nitrogens with zero attached hydrogens (tertiary/aromatic N) is 2. The van der Waals surface area contributed by atoms with Crippen molar-refractivity contribution in [3.8, 4) is 5.75 Å². The molecular weight excluding hydrogens is 430 g/mol. The predicted octanol–water partition coefficient (Wildman–Crippen LogP) is 4.90. The Kier molecular flexibility index (Phi) is 5.37. The average Bonchev–Trinajstić information content (AvgIpc) is 3.37. The summed E-state index contributed by atoms with van der Waals surface area (Å²) >= 11 is 0. The smallest absolute Gasteiger partial charge is 0.302 e. The number of anilines is 1. The van der Waals surface area contributed by atoms with Crippen LogP contribution in [-0.2, 0) is 9.59 Å². The molecule has 0 saturated carbocycles. The van der Waals surface area contributed by atoms with Crippen LogP contribution in [0.4, 0.5) is 5.95 Å². The lowest BCUT2D eigenvalue weighted by Crippen LogP contribution is -2.30. The maximum Gasteiger partial charge on any atom is 0.302 e. The van der Waals surface area contributed by atoms with Crippen LogP contribution in [-0.4, -0.2) is 33.4 Å². The van der Waals surface area contributed by atoms with Gasteiger partial charge in [-0.05, 0) is 43.7 Å². The van der Waals surface area contributed by atoms with Crippen molar-refractivity contribution in [3.63, 3.8) is 0 Å². The van der Waals surface area contributed by atoms with Gasteiger partial charge in [-0.15, -0.1) is 0 Å². The van der Waals surface area contributed by atoms with E-state index < -0.39 is 17.7 Å². The Morgan fingerprint density at radius 3 is 2.62 bits per heavy atom. The van der Waals surface area contributed by atoms with E-state index in [4.69, 9.17) is 4.74 Å². The molecule has 1 aliphatic rings. The number of hydrogen-bond acceptors (Lipinski definition) is 5. The SMILES string of the molecule is CCOc1cccc(/C(O)=C2\C(=O)C(=O)N(c3nc4ccccc4[nH]3)C2c2cccc(C)c2)c1. The van der Waals surface area contributed by atoms with Crippen LogP contribution < -0.4 is 9.64 Å². The van der Waals surface area contributed by atoms with Crippen LogP contribution in [0.5, 0.6) is 5.75 Å². The number of imidazole rings is 1. The molecule has 4 aromatic rings. The standard InChI is InChI=1S/C27H23N3O4/c1-3-34-19-11-7-10-18(15-19)24(31)22-23(17-9-6-8-16(2)14-17)30(26(33)25(22)32)27-28-20-12-4-5-13-21(20)29-27/h4-15,23,31H,3H2,1-2H3,(H,28,29)/b24-22+. The van der Waals surface area contributed by atoms with Gasteiger partial charge in [0.25, 0.3) is 5.78 Å². The summed E-state index contributed by atoms with van der Waals surface area (Å²) in [5, 5.41) is 11.3. The van der Waals surface area contributed by atoms with E-state index in [1.165, 1.54) is 4.90 Å². The van der Waals surface area contributed by atoms with Crippen LogP contribution >= 0.6 is 0 Å². The molecule has 0 aliphatic carbocycles. The van der Waals surface area contributed by atoms with E-state index in [9.17, 15) is 14.7 Å². The van der Waals surface area contributed by atoms with Gasteiger partial charge in [-0.3, -0.25) is 14.5 Å². The maximum atomic E-state index is 13.3. The molecule has 1 amide bonds. The van der Waals surface area contributed by atoms with Crippen molar-refractivity contribution in [1.82, 2.24) is 9.97 Å². The molecule has 0 bridgehead atoms. The Balaban J connectivity index is 1.72. The molecule has 7 nitrogen and oxygen atoms in total. The highest BCUT2D eigenvalue weighted by Gasteiger charge is 2.48. The van der Waals surface area contributed by atoms with Crippen molar-refractivity contribution in [3.05, 3.63) is 95.1 Å². The molecule has 2 N–H and O–H groups in total. The number of Topliss-reactive ketones (excluding diaryl/α,β-unsaturated/α-hetero) is 1. The number of aromatic nitrogens is 2. The summed E-state index contributed by atoms with van der Waals surface area (Å²) in [7, 11) is 0. The van der Waals surface area contributed by atoms with Gasteiger partial charge in [0.2, 0.25) is 5.95 Å². The highest BCUT2D eigenvalue weighted by Crippen LogP contribution is 2.42. The zero-order valence-electron chi connectivity index (χ0n) is 18.8. The van der Waals surface area contributed by atoms with Crippen LogP contribution in [0.25, 0.3) is 16.8 Å². The van der Waals surface area contributed by atoms with Crippen LogP contribution in [0.2, 0.25) is 0 Å². The van der Waals surface area contributed by atoms with Crippen LogP contribution in [0, 0.1) is 6.92 Å². The topological polar surface area (TPSA) is 95.5 Å². The molecule has 0 radical (unpaired) electrons. The van der Waals surface area contributed by atoms with Gasteiger partial charge in [0.15, 0.2) is 0 Å². The third kappa shape index (κ3) is 3.61. The number of hydrogen-bond donors (Lipinski definition) is 2. The van der Waals surface area contributed by atoms with Crippen LogP contribution in [0.1, 0.15) is 29.7 Å². The summed E-state index contributed by atoms with van der Waals surface area (Å²) < 4.78 is 5.55. The number of carbonyl (C=O) groups is 2. The Labute approximate surface area is 196 Å². The summed E-state index contributed by atoms with van der Waals surface area (Å²) in [6, 6.07) is 20.9. The number of para-hydroxylation sites is 2. The van der Waals surface area contributed by atoms with Gasteiger partial charge in [0.05, 0.1) is 29.3 Å². The number of H-pyrrole nitrogens is 1. The number of fused-ring (bicyclic) bond motifs is 1. The van der Waals surface area contributed by atoms with E-state index in [1.54, 1.807) is 24.3 Å². The lowest BCUT2D eigenvalue weighted by molar-refractivity contribution is -0.132. The molecule has 1 atom stereocenters. The first kappa shape index (κ1) is 21.5. The van der Waals surface area contributed by atoms with Crippen molar-refractivity contribution in [2.75, 3.05) is 11.5 Å². The third-order valence-corrected chi connectivity index (χ3v) is 5.83. The van der Waals surface area contributed by atoms with E-state index >= 15 is 0 Å².